The van der Waals surface area contributed by atoms with Crippen molar-refractivity contribution in [1.29, 1.82) is 0 Å². The maximum absolute atomic E-state index is 13.4. The number of carbonyl (C=O) groups excluding carboxylic acids is 2. The van der Waals surface area contributed by atoms with Crippen LogP contribution in [0, 0.1) is 13.8 Å². The smallest absolute Gasteiger partial charge is 0.300 e. The minimum atomic E-state index is -0.806. The van der Waals surface area contributed by atoms with Gasteiger partial charge < -0.3 is 19.3 Å². The fraction of sp³-hybridized carbons (Fsp3) is 0.231. The van der Waals surface area contributed by atoms with Crippen molar-refractivity contribution in [2.45, 2.75) is 19.9 Å². The molecule has 1 aliphatic heterocycles. The van der Waals surface area contributed by atoms with Gasteiger partial charge in [0.25, 0.3) is 11.7 Å². The molecule has 4 rings (SSSR count). The average Bonchev–Trinajstić information content (AvgIpc) is 3.38. The molecule has 1 aliphatic rings. The third-order valence-corrected chi connectivity index (χ3v) is 6.95. The van der Waals surface area contributed by atoms with Gasteiger partial charge >= 0.3 is 0 Å². The van der Waals surface area contributed by atoms with Gasteiger partial charge in [0.1, 0.15) is 29.0 Å². The number of aliphatic hydroxyl groups excluding tert-OH is 1. The third kappa shape index (κ3) is 3.90. The lowest BCUT2D eigenvalue weighted by molar-refractivity contribution is -0.132. The van der Waals surface area contributed by atoms with Gasteiger partial charge in [0.2, 0.25) is 0 Å². The Labute approximate surface area is 201 Å². The number of anilines is 1. The number of hydrogen-bond acceptors (Lipinski definition) is 7. The predicted octanol–water partition coefficient (Wildman–Crippen LogP) is 5.02. The number of rotatable bonds is 6. The van der Waals surface area contributed by atoms with Crippen molar-refractivity contribution in [1.82, 2.24) is 0 Å². The molecule has 1 amide bonds. The summed E-state index contributed by atoms with van der Waals surface area (Å²) in [6.07, 6.45) is 0. The monoisotopic (exact) mass is 479 g/mol. The number of carbonyl (C=O) groups is 2. The van der Waals surface area contributed by atoms with Gasteiger partial charge in [0.15, 0.2) is 0 Å². The van der Waals surface area contributed by atoms with Crippen LogP contribution >= 0.6 is 11.3 Å². The first-order chi connectivity index (χ1) is 16.3. The van der Waals surface area contributed by atoms with E-state index in [2.05, 4.69) is 0 Å². The number of Topliss-reactive ketones (excluding diaryl/α,β-unsaturated/α-hetero) is 1. The van der Waals surface area contributed by atoms with E-state index in [1.165, 1.54) is 30.5 Å². The van der Waals surface area contributed by atoms with E-state index in [0.717, 1.165) is 16.0 Å². The normalized spacial score (nSPS) is 17.2. The zero-order chi connectivity index (χ0) is 24.6. The summed E-state index contributed by atoms with van der Waals surface area (Å²) in [5.41, 5.74) is 2.59. The first-order valence-electron chi connectivity index (χ1n) is 10.5. The molecule has 0 spiro atoms. The molecule has 3 aromatic rings. The Balaban J connectivity index is 1.96. The van der Waals surface area contributed by atoms with E-state index in [9.17, 15) is 14.7 Å². The van der Waals surface area contributed by atoms with Gasteiger partial charge in [-0.15, -0.1) is 11.3 Å². The predicted molar refractivity (Wildman–Crippen MR) is 131 cm³/mol. The average molecular weight is 480 g/mol. The summed E-state index contributed by atoms with van der Waals surface area (Å²) in [4.78, 5) is 28.9. The Morgan fingerprint density at radius 3 is 2.12 bits per heavy atom. The molecular weight excluding hydrogens is 454 g/mol. The molecular formula is C26H25NO6S. The van der Waals surface area contributed by atoms with Gasteiger partial charge in [-0.05, 0) is 54.6 Å². The Morgan fingerprint density at radius 2 is 1.59 bits per heavy atom. The van der Waals surface area contributed by atoms with Crippen molar-refractivity contribution < 1.29 is 28.9 Å². The van der Waals surface area contributed by atoms with Crippen LogP contribution in [0.4, 0.5) is 5.69 Å². The first-order valence-corrected chi connectivity index (χ1v) is 11.4. The van der Waals surface area contributed by atoms with Crippen LogP contribution < -0.4 is 19.1 Å². The highest BCUT2D eigenvalue weighted by molar-refractivity contribution is 7.10. The number of thiophene rings is 1. The van der Waals surface area contributed by atoms with Crippen LogP contribution in [0.2, 0.25) is 0 Å². The molecule has 1 fully saturated rings. The molecule has 7 nitrogen and oxygen atoms in total. The molecule has 0 radical (unpaired) electrons. The van der Waals surface area contributed by atoms with Crippen LogP contribution in [0.3, 0.4) is 0 Å². The summed E-state index contributed by atoms with van der Waals surface area (Å²) in [7, 11) is 4.59. The summed E-state index contributed by atoms with van der Waals surface area (Å²) >= 11 is 1.42. The maximum Gasteiger partial charge on any atom is 0.300 e. The third-order valence-electron chi connectivity index (χ3n) is 5.88. The fourth-order valence-corrected chi connectivity index (χ4v) is 5.15. The number of ether oxygens (including phenoxy) is 3. The number of ketones is 1. The minimum absolute atomic E-state index is 0.0295. The summed E-state index contributed by atoms with van der Waals surface area (Å²) in [5, 5.41) is 13.2. The zero-order valence-electron chi connectivity index (χ0n) is 19.5. The van der Waals surface area contributed by atoms with E-state index in [1.807, 2.05) is 25.3 Å². The SMILES string of the molecule is COc1cc(OC)cc(N2C(=O)C(=O)/C(=C(\O)c3ccc(OC)c(C)c3)C2c2sccc2C)c1. The number of amides is 1. The van der Waals surface area contributed by atoms with E-state index in [-0.39, 0.29) is 11.3 Å². The van der Waals surface area contributed by atoms with Crippen molar-refractivity contribution in [3.8, 4) is 17.2 Å². The molecule has 1 N–H and O–H groups in total. The maximum atomic E-state index is 13.4. The summed E-state index contributed by atoms with van der Waals surface area (Å²) in [6, 6.07) is 11.3. The van der Waals surface area contributed by atoms with Crippen LogP contribution in [0.1, 0.15) is 27.6 Å². The molecule has 1 unspecified atom stereocenters. The van der Waals surface area contributed by atoms with Gasteiger partial charge in [-0.3, -0.25) is 14.5 Å². The first kappa shape index (κ1) is 23.4. The minimum Gasteiger partial charge on any atom is -0.507 e. The Bertz CT molecular complexity index is 1290. The van der Waals surface area contributed by atoms with Crippen molar-refractivity contribution >= 4 is 34.5 Å². The molecule has 0 bridgehead atoms. The van der Waals surface area contributed by atoms with Crippen molar-refractivity contribution in [2.24, 2.45) is 0 Å². The standard InChI is InChI=1S/C26H25NO6S/c1-14-8-9-34-25(14)22-21(23(28)16-6-7-20(33-5)15(2)10-16)24(29)26(30)27(22)17-11-18(31-3)13-19(12-17)32-4/h6-13,22,28H,1-5H3/b23-21-. The molecule has 176 valence electrons. The lowest BCUT2D eigenvalue weighted by atomic mass is 9.97. The number of aryl methyl sites for hydroxylation is 2. The number of aliphatic hydroxyl groups is 1. The second-order valence-corrected chi connectivity index (χ2v) is 8.84. The number of methoxy groups -OCH3 is 3. The Kier molecular flexibility index (Phi) is 6.34. The highest BCUT2D eigenvalue weighted by Gasteiger charge is 2.48. The molecule has 2 aromatic carbocycles. The van der Waals surface area contributed by atoms with E-state index in [0.29, 0.717) is 28.5 Å². The quantitative estimate of drug-likeness (QED) is 0.304. The Hall–Kier alpha value is -3.78. The zero-order valence-corrected chi connectivity index (χ0v) is 20.4. The Morgan fingerprint density at radius 1 is 0.912 bits per heavy atom. The molecule has 34 heavy (non-hydrogen) atoms. The number of hydrogen-bond donors (Lipinski definition) is 1. The van der Waals surface area contributed by atoms with Crippen LogP contribution in [-0.2, 0) is 9.59 Å². The molecule has 0 saturated carbocycles. The summed E-state index contributed by atoms with van der Waals surface area (Å²) in [6.45, 7) is 3.76. The van der Waals surface area contributed by atoms with Gasteiger partial charge in [-0.25, -0.2) is 0 Å². The van der Waals surface area contributed by atoms with Crippen LogP contribution in [0.25, 0.3) is 5.76 Å². The molecule has 2 heterocycles. The fourth-order valence-electron chi connectivity index (χ4n) is 4.12. The van der Waals surface area contributed by atoms with Gasteiger partial charge in [-0.1, -0.05) is 0 Å². The highest BCUT2D eigenvalue weighted by Crippen LogP contribution is 2.46. The van der Waals surface area contributed by atoms with E-state index in [1.54, 1.807) is 43.5 Å². The summed E-state index contributed by atoms with van der Waals surface area (Å²) in [5.74, 6) is -0.122. The molecule has 1 atom stereocenters. The lowest BCUT2D eigenvalue weighted by Crippen LogP contribution is -2.29. The van der Waals surface area contributed by atoms with E-state index >= 15 is 0 Å². The lowest BCUT2D eigenvalue weighted by Gasteiger charge is -2.25. The van der Waals surface area contributed by atoms with Crippen LogP contribution in [0.15, 0.2) is 53.4 Å². The molecule has 0 aliphatic carbocycles. The van der Waals surface area contributed by atoms with Crippen LogP contribution in [-0.4, -0.2) is 38.1 Å². The summed E-state index contributed by atoms with van der Waals surface area (Å²) < 4.78 is 16.1. The number of benzene rings is 2. The molecule has 8 heteroatoms. The van der Waals surface area contributed by atoms with Gasteiger partial charge in [0, 0.05) is 28.6 Å². The largest absolute Gasteiger partial charge is 0.507 e. The van der Waals surface area contributed by atoms with E-state index < -0.39 is 17.7 Å². The molecule has 1 aromatic heterocycles. The van der Waals surface area contributed by atoms with Gasteiger partial charge in [-0.2, -0.15) is 0 Å². The van der Waals surface area contributed by atoms with Gasteiger partial charge in [0.05, 0.1) is 32.6 Å². The second-order valence-electron chi connectivity index (χ2n) is 7.89. The highest BCUT2D eigenvalue weighted by atomic mass is 32.1. The number of nitrogens with zero attached hydrogens (tertiary/aromatic N) is 1. The topological polar surface area (TPSA) is 85.3 Å². The van der Waals surface area contributed by atoms with Crippen molar-refractivity contribution in [2.75, 3.05) is 26.2 Å². The molecule has 1 saturated heterocycles. The second kappa shape index (κ2) is 9.23. The van der Waals surface area contributed by atoms with E-state index in [4.69, 9.17) is 14.2 Å². The van der Waals surface area contributed by atoms with Crippen LogP contribution in [0.5, 0.6) is 17.2 Å². The van der Waals surface area contributed by atoms with Crippen molar-refractivity contribution in [3.63, 3.8) is 0 Å². The van der Waals surface area contributed by atoms with Crippen molar-refractivity contribution in [3.05, 3.63) is 75.0 Å².